The van der Waals surface area contributed by atoms with Crippen molar-refractivity contribution in [2.45, 2.75) is 206 Å². The Bertz CT molecular complexity index is 1090. The second kappa shape index (κ2) is 44.7. The van der Waals surface area contributed by atoms with Crippen LogP contribution in [-0.4, -0.2) is 66.3 Å². The van der Waals surface area contributed by atoms with E-state index in [2.05, 4.69) is 74.6 Å². The summed E-state index contributed by atoms with van der Waals surface area (Å²) in [4.78, 5) is 22.6. The van der Waals surface area contributed by atoms with Crippen molar-refractivity contribution in [3.8, 4) is 0 Å². The summed E-state index contributed by atoms with van der Waals surface area (Å²) in [5.74, 6) is -0.394. The molecule has 0 aliphatic rings. The van der Waals surface area contributed by atoms with Crippen LogP contribution in [0.3, 0.4) is 0 Å². The first-order valence-electron chi connectivity index (χ1n) is 23.3. The standard InChI is InChI=1S/C48H87O9P/c1-3-5-7-9-11-13-15-17-19-20-21-22-23-24-25-26-27-28-30-32-34-36-38-40-48(51)57-47(45-56-58(52,53)55-43-46(50)42-49)44-54-41-39-37-35-33-31-29-18-16-14-12-10-8-6-4-2/h6,8,12,14-15,17-18,20-21,29,46-47,49-50H,3-5,7,9-11,13,16,19,22-28,30-45H2,1-2H3,(H,52,53)/b8-6-,14-12-,17-15-,21-20-,29-18-. The molecule has 338 valence electrons. The number of allylic oxidation sites excluding steroid dienone is 10. The average molecular weight is 839 g/mol. The summed E-state index contributed by atoms with van der Waals surface area (Å²) in [5.41, 5.74) is 0. The molecule has 3 unspecified atom stereocenters. The second-order valence-electron chi connectivity index (χ2n) is 15.4. The predicted molar refractivity (Wildman–Crippen MR) is 242 cm³/mol. The number of esters is 1. The number of aliphatic hydroxyl groups excluding tert-OH is 2. The van der Waals surface area contributed by atoms with E-state index in [0.29, 0.717) is 6.61 Å². The fourth-order valence-corrected chi connectivity index (χ4v) is 6.95. The second-order valence-corrected chi connectivity index (χ2v) is 16.8. The summed E-state index contributed by atoms with van der Waals surface area (Å²) in [7, 11) is -4.53. The molecule has 0 aromatic carbocycles. The minimum atomic E-state index is -4.53. The van der Waals surface area contributed by atoms with E-state index in [-0.39, 0.29) is 19.6 Å². The van der Waals surface area contributed by atoms with Gasteiger partial charge in [0.1, 0.15) is 12.2 Å². The van der Waals surface area contributed by atoms with Crippen molar-refractivity contribution in [3.05, 3.63) is 60.8 Å². The number of aliphatic hydroxyl groups is 2. The molecule has 0 aromatic rings. The van der Waals surface area contributed by atoms with E-state index < -0.39 is 39.2 Å². The van der Waals surface area contributed by atoms with E-state index in [1.807, 2.05) is 0 Å². The van der Waals surface area contributed by atoms with Crippen LogP contribution in [0.1, 0.15) is 194 Å². The maximum absolute atomic E-state index is 12.6. The highest BCUT2D eigenvalue weighted by Crippen LogP contribution is 2.43. The van der Waals surface area contributed by atoms with Crippen molar-refractivity contribution in [3.63, 3.8) is 0 Å². The van der Waals surface area contributed by atoms with Gasteiger partial charge in [-0.15, -0.1) is 0 Å². The van der Waals surface area contributed by atoms with Crippen molar-refractivity contribution in [2.24, 2.45) is 0 Å². The number of carbonyl (C=O) groups is 1. The lowest BCUT2D eigenvalue weighted by atomic mass is 10.0. The smallest absolute Gasteiger partial charge is 0.457 e. The number of ether oxygens (including phenoxy) is 2. The van der Waals surface area contributed by atoms with Gasteiger partial charge in [0, 0.05) is 13.0 Å². The number of rotatable bonds is 44. The summed E-state index contributed by atoms with van der Waals surface area (Å²) in [5, 5.41) is 18.4. The van der Waals surface area contributed by atoms with Gasteiger partial charge in [0.25, 0.3) is 0 Å². The quantitative estimate of drug-likeness (QED) is 0.0237. The fraction of sp³-hybridized carbons (Fsp3) is 0.771. The zero-order valence-electron chi connectivity index (χ0n) is 37.0. The van der Waals surface area contributed by atoms with Crippen LogP contribution in [0.4, 0.5) is 0 Å². The Morgan fingerprint density at radius 2 is 0.983 bits per heavy atom. The van der Waals surface area contributed by atoms with Crippen LogP contribution in [0.5, 0.6) is 0 Å². The Morgan fingerprint density at radius 1 is 0.552 bits per heavy atom. The molecular formula is C48H87O9P. The molecule has 9 nitrogen and oxygen atoms in total. The minimum absolute atomic E-state index is 0.0315. The van der Waals surface area contributed by atoms with Crippen LogP contribution in [0.25, 0.3) is 0 Å². The molecule has 0 aliphatic heterocycles. The molecule has 0 saturated carbocycles. The molecule has 0 bridgehead atoms. The van der Waals surface area contributed by atoms with Gasteiger partial charge in [-0.1, -0.05) is 171 Å². The molecule has 0 spiro atoms. The zero-order chi connectivity index (χ0) is 42.5. The van der Waals surface area contributed by atoms with Crippen molar-refractivity contribution in [1.29, 1.82) is 0 Å². The van der Waals surface area contributed by atoms with Crippen molar-refractivity contribution < 1.29 is 43.0 Å². The van der Waals surface area contributed by atoms with Gasteiger partial charge in [-0.2, -0.15) is 0 Å². The molecule has 0 heterocycles. The number of carbonyl (C=O) groups excluding carboxylic acids is 1. The summed E-state index contributed by atoms with van der Waals surface area (Å²) >= 11 is 0. The highest BCUT2D eigenvalue weighted by atomic mass is 31.2. The van der Waals surface area contributed by atoms with Gasteiger partial charge < -0.3 is 24.6 Å². The number of unbranched alkanes of at least 4 members (excludes halogenated alkanes) is 20. The van der Waals surface area contributed by atoms with E-state index in [0.717, 1.165) is 77.0 Å². The fourth-order valence-electron chi connectivity index (χ4n) is 6.16. The summed E-state index contributed by atoms with van der Waals surface area (Å²) in [6, 6.07) is 0. The van der Waals surface area contributed by atoms with Gasteiger partial charge in [-0.3, -0.25) is 13.8 Å². The molecular weight excluding hydrogens is 751 g/mol. The van der Waals surface area contributed by atoms with Crippen LogP contribution >= 0.6 is 7.82 Å². The van der Waals surface area contributed by atoms with Gasteiger partial charge >= 0.3 is 13.8 Å². The Kier molecular flexibility index (Phi) is 43.3. The predicted octanol–water partition coefficient (Wildman–Crippen LogP) is 13.1. The molecule has 0 fully saturated rings. The van der Waals surface area contributed by atoms with Gasteiger partial charge in [0.2, 0.25) is 0 Å². The molecule has 0 amide bonds. The SMILES string of the molecule is CC/C=C\C/C=C\C/C=C\CCCCCCOCC(COP(=O)(O)OCC(O)CO)OC(=O)CCCCCCCCCCCCC/C=C\C/C=C\CCCCCCC. The van der Waals surface area contributed by atoms with Crippen LogP contribution < -0.4 is 0 Å². The van der Waals surface area contributed by atoms with Crippen LogP contribution in [0.2, 0.25) is 0 Å². The van der Waals surface area contributed by atoms with E-state index >= 15 is 0 Å². The van der Waals surface area contributed by atoms with Gasteiger partial charge in [-0.05, 0) is 77.0 Å². The number of phosphoric ester groups is 1. The first-order valence-corrected chi connectivity index (χ1v) is 24.8. The zero-order valence-corrected chi connectivity index (χ0v) is 37.9. The van der Waals surface area contributed by atoms with Gasteiger partial charge in [-0.25, -0.2) is 4.57 Å². The highest BCUT2D eigenvalue weighted by molar-refractivity contribution is 7.47. The average Bonchev–Trinajstić information content (AvgIpc) is 3.21. The third-order valence-corrected chi connectivity index (χ3v) is 10.6. The molecule has 3 N–H and O–H groups in total. The lowest BCUT2D eigenvalue weighted by Crippen LogP contribution is -2.29. The van der Waals surface area contributed by atoms with Crippen LogP contribution in [-0.2, 0) is 27.9 Å². The first-order chi connectivity index (χ1) is 28.3. The topological polar surface area (TPSA) is 132 Å². The number of hydrogen-bond donors (Lipinski definition) is 3. The summed E-state index contributed by atoms with van der Waals surface area (Å²) < 4.78 is 33.4. The number of phosphoric acid groups is 1. The summed E-state index contributed by atoms with van der Waals surface area (Å²) in [6.45, 7) is 3.34. The van der Waals surface area contributed by atoms with Crippen LogP contribution in [0.15, 0.2) is 60.8 Å². The molecule has 0 radical (unpaired) electrons. The third-order valence-electron chi connectivity index (χ3n) is 9.69. The first kappa shape index (κ1) is 56.2. The van der Waals surface area contributed by atoms with E-state index in [9.17, 15) is 19.4 Å². The third kappa shape index (κ3) is 43.7. The van der Waals surface area contributed by atoms with Gasteiger partial charge in [0.15, 0.2) is 0 Å². The van der Waals surface area contributed by atoms with Crippen LogP contribution in [0, 0.1) is 0 Å². The minimum Gasteiger partial charge on any atom is -0.457 e. The molecule has 3 atom stereocenters. The molecule has 0 rings (SSSR count). The Labute approximate surface area is 355 Å². The lowest BCUT2D eigenvalue weighted by molar-refractivity contribution is -0.154. The van der Waals surface area contributed by atoms with Crippen molar-refractivity contribution in [1.82, 2.24) is 0 Å². The highest BCUT2D eigenvalue weighted by Gasteiger charge is 2.26. The van der Waals surface area contributed by atoms with Crippen molar-refractivity contribution in [2.75, 3.05) is 33.0 Å². The summed E-state index contributed by atoms with van der Waals surface area (Å²) in [6.07, 6.45) is 51.9. The van der Waals surface area contributed by atoms with E-state index in [1.165, 1.54) is 96.3 Å². The maximum Gasteiger partial charge on any atom is 0.472 e. The Balaban J connectivity index is 4.12. The molecule has 0 saturated heterocycles. The van der Waals surface area contributed by atoms with Crippen molar-refractivity contribution >= 4 is 13.8 Å². The molecule has 10 heteroatoms. The number of hydrogen-bond acceptors (Lipinski definition) is 8. The monoisotopic (exact) mass is 839 g/mol. The van der Waals surface area contributed by atoms with E-state index in [4.69, 9.17) is 23.6 Å². The Morgan fingerprint density at radius 3 is 1.48 bits per heavy atom. The molecule has 0 aromatic heterocycles. The Hall–Kier alpha value is -1.84. The maximum atomic E-state index is 12.6. The largest absolute Gasteiger partial charge is 0.472 e. The molecule has 0 aliphatic carbocycles. The lowest BCUT2D eigenvalue weighted by Gasteiger charge is -2.20. The van der Waals surface area contributed by atoms with E-state index in [1.54, 1.807) is 0 Å². The molecule has 58 heavy (non-hydrogen) atoms. The van der Waals surface area contributed by atoms with Gasteiger partial charge in [0.05, 0.1) is 26.4 Å². The normalized spacial score (nSPS) is 14.5.